The van der Waals surface area contributed by atoms with Gasteiger partial charge in [-0.25, -0.2) is 13.4 Å². The van der Waals surface area contributed by atoms with Crippen molar-refractivity contribution in [2.75, 3.05) is 10.5 Å². The molecule has 112 valence electrons. The normalized spacial score (nSPS) is 15.1. The van der Waals surface area contributed by atoms with Crippen LogP contribution in [0.15, 0.2) is 22.4 Å². The molecule has 2 aromatic rings. The highest BCUT2D eigenvalue weighted by molar-refractivity contribution is 7.93. The molecule has 0 atom stereocenters. The van der Waals surface area contributed by atoms with Crippen molar-refractivity contribution in [2.45, 2.75) is 37.5 Å². The monoisotopic (exact) mass is 323 g/mol. The molecule has 21 heavy (non-hydrogen) atoms. The quantitative estimate of drug-likeness (QED) is 0.847. The number of aromatic nitrogens is 1. The van der Waals surface area contributed by atoms with Gasteiger partial charge in [-0.3, -0.25) is 4.72 Å². The molecular weight excluding hydrogens is 306 g/mol. The Morgan fingerprint density at radius 1 is 1.33 bits per heavy atom. The predicted molar refractivity (Wildman–Crippen MR) is 85.2 cm³/mol. The zero-order valence-electron chi connectivity index (χ0n) is 11.9. The van der Waals surface area contributed by atoms with E-state index in [0.29, 0.717) is 27.9 Å². The van der Waals surface area contributed by atoms with Crippen LogP contribution in [0.1, 0.15) is 35.6 Å². The van der Waals surface area contributed by atoms with Crippen molar-refractivity contribution >= 4 is 32.2 Å². The number of hydrogen-bond donors (Lipinski definition) is 2. The molecule has 1 aromatic heterocycles. The number of benzene rings is 1. The van der Waals surface area contributed by atoms with Crippen molar-refractivity contribution in [3.63, 3.8) is 0 Å². The van der Waals surface area contributed by atoms with Crippen molar-refractivity contribution in [3.05, 3.63) is 34.3 Å². The number of aryl methyl sites for hydroxylation is 1. The van der Waals surface area contributed by atoms with Crippen LogP contribution in [0.25, 0.3) is 0 Å². The topological polar surface area (TPSA) is 85.1 Å². The number of thiazole rings is 1. The molecule has 0 amide bonds. The van der Waals surface area contributed by atoms with Crippen LogP contribution in [0, 0.1) is 13.8 Å². The Hall–Kier alpha value is -1.60. The lowest BCUT2D eigenvalue weighted by Gasteiger charge is -2.13. The summed E-state index contributed by atoms with van der Waals surface area (Å²) in [6.07, 6.45) is 2.28. The Balaban J connectivity index is 1.94. The second kappa shape index (κ2) is 4.99. The number of nitrogens with one attached hydrogen (secondary N) is 1. The molecule has 7 heteroatoms. The summed E-state index contributed by atoms with van der Waals surface area (Å²) in [5, 5.41) is 2.34. The van der Waals surface area contributed by atoms with E-state index in [2.05, 4.69) is 9.71 Å². The van der Waals surface area contributed by atoms with Crippen LogP contribution in [0.5, 0.6) is 0 Å². The third-order valence-corrected chi connectivity index (χ3v) is 6.19. The summed E-state index contributed by atoms with van der Waals surface area (Å²) in [6.45, 7) is 3.48. The van der Waals surface area contributed by atoms with Gasteiger partial charge < -0.3 is 5.73 Å². The van der Waals surface area contributed by atoms with Crippen LogP contribution in [-0.2, 0) is 10.0 Å². The summed E-state index contributed by atoms with van der Waals surface area (Å²) in [4.78, 5) is 4.60. The highest BCUT2D eigenvalue weighted by atomic mass is 32.2. The summed E-state index contributed by atoms with van der Waals surface area (Å²) < 4.78 is 27.8. The molecule has 5 nitrogen and oxygen atoms in total. The molecule has 1 aliphatic rings. The van der Waals surface area contributed by atoms with Crippen molar-refractivity contribution in [1.29, 1.82) is 0 Å². The van der Waals surface area contributed by atoms with Gasteiger partial charge in [-0.2, -0.15) is 0 Å². The molecule has 1 fully saturated rings. The Morgan fingerprint density at radius 2 is 2.05 bits per heavy atom. The number of nitrogens with two attached hydrogens (primary N) is 1. The van der Waals surface area contributed by atoms with E-state index in [1.807, 2.05) is 5.38 Å². The average molecular weight is 323 g/mol. The van der Waals surface area contributed by atoms with Crippen LogP contribution in [0.4, 0.5) is 10.8 Å². The van der Waals surface area contributed by atoms with Crippen LogP contribution >= 0.6 is 11.3 Å². The molecule has 3 N–H and O–H groups in total. The summed E-state index contributed by atoms with van der Waals surface area (Å²) in [7, 11) is -3.67. The number of nitrogens with zero attached hydrogens (tertiary/aromatic N) is 1. The fraction of sp³-hybridized carbons (Fsp3) is 0.357. The first-order chi connectivity index (χ1) is 9.88. The number of anilines is 2. The minimum absolute atomic E-state index is 0.241. The number of sulfonamides is 1. The average Bonchev–Trinajstić information content (AvgIpc) is 3.15. The van der Waals surface area contributed by atoms with Gasteiger partial charge in [0.1, 0.15) is 0 Å². The van der Waals surface area contributed by atoms with Gasteiger partial charge in [0.2, 0.25) is 0 Å². The van der Waals surface area contributed by atoms with Crippen molar-refractivity contribution in [1.82, 2.24) is 4.98 Å². The Labute approximate surface area is 128 Å². The molecule has 1 saturated carbocycles. The molecular formula is C14H17N3O2S2. The fourth-order valence-electron chi connectivity index (χ4n) is 2.32. The predicted octanol–water partition coefficient (Wildman–Crippen LogP) is 3.02. The Kier molecular flexibility index (Phi) is 3.41. The van der Waals surface area contributed by atoms with Crippen molar-refractivity contribution in [3.8, 4) is 0 Å². The maximum absolute atomic E-state index is 12.6. The zero-order chi connectivity index (χ0) is 15.2. The third-order valence-electron chi connectivity index (χ3n) is 3.65. The highest BCUT2D eigenvalue weighted by Gasteiger charge is 2.27. The van der Waals surface area contributed by atoms with Gasteiger partial charge in [0.05, 0.1) is 10.6 Å². The van der Waals surface area contributed by atoms with E-state index in [4.69, 9.17) is 5.73 Å². The maximum atomic E-state index is 12.6. The number of hydrogen-bond acceptors (Lipinski definition) is 5. The standard InChI is InChI=1S/C14H17N3O2S2/c1-8-3-6-11(15)9(2)13(8)21(18,19)17-14-16-12(7-20-14)10-4-5-10/h3,6-7,10H,4-5,15H2,1-2H3,(H,16,17). The Morgan fingerprint density at radius 3 is 2.71 bits per heavy atom. The van der Waals surface area contributed by atoms with Crippen LogP contribution < -0.4 is 10.5 Å². The van der Waals surface area contributed by atoms with Crippen molar-refractivity contribution in [2.24, 2.45) is 0 Å². The van der Waals surface area contributed by atoms with Gasteiger partial charge in [-0.05, 0) is 43.9 Å². The summed E-state index contributed by atoms with van der Waals surface area (Å²) in [6, 6.07) is 3.44. The molecule has 0 aliphatic heterocycles. The number of nitrogen functional groups attached to an aromatic ring is 1. The van der Waals surface area contributed by atoms with E-state index in [-0.39, 0.29) is 4.90 Å². The van der Waals surface area contributed by atoms with Crippen LogP contribution in [0.3, 0.4) is 0 Å². The third kappa shape index (κ3) is 2.75. The first-order valence-electron chi connectivity index (χ1n) is 6.72. The smallest absolute Gasteiger partial charge is 0.264 e. The summed E-state index contributed by atoms with van der Waals surface area (Å²) in [5.41, 5.74) is 8.53. The minimum Gasteiger partial charge on any atom is -0.398 e. The highest BCUT2D eigenvalue weighted by Crippen LogP contribution is 2.41. The SMILES string of the molecule is Cc1ccc(N)c(C)c1S(=O)(=O)Nc1nc(C2CC2)cs1. The van der Waals surface area contributed by atoms with E-state index >= 15 is 0 Å². The minimum atomic E-state index is -3.67. The molecule has 0 saturated heterocycles. The second-order valence-corrected chi connectivity index (χ2v) is 7.86. The van der Waals surface area contributed by atoms with E-state index in [1.54, 1.807) is 26.0 Å². The largest absolute Gasteiger partial charge is 0.398 e. The molecule has 3 rings (SSSR count). The van der Waals surface area contributed by atoms with Gasteiger partial charge in [-0.1, -0.05) is 6.07 Å². The van der Waals surface area contributed by atoms with E-state index in [0.717, 1.165) is 18.5 Å². The molecule has 1 aliphatic carbocycles. The molecule has 1 heterocycles. The molecule has 0 unspecified atom stereocenters. The van der Waals surface area contributed by atoms with Gasteiger partial charge in [-0.15, -0.1) is 11.3 Å². The molecule has 0 spiro atoms. The molecule has 0 radical (unpaired) electrons. The van der Waals surface area contributed by atoms with Gasteiger partial charge in [0.15, 0.2) is 5.13 Å². The molecule has 1 aromatic carbocycles. The summed E-state index contributed by atoms with van der Waals surface area (Å²) >= 11 is 1.32. The van der Waals surface area contributed by atoms with E-state index < -0.39 is 10.0 Å². The van der Waals surface area contributed by atoms with Gasteiger partial charge >= 0.3 is 0 Å². The lowest BCUT2D eigenvalue weighted by molar-refractivity contribution is 0.600. The lowest BCUT2D eigenvalue weighted by atomic mass is 10.1. The summed E-state index contributed by atoms with van der Waals surface area (Å²) in [5.74, 6) is 0.510. The van der Waals surface area contributed by atoms with E-state index in [9.17, 15) is 8.42 Å². The second-order valence-electron chi connectivity index (χ2n) is 5.38. The lowest BCUT2D eigenvalue weighted by Crippen LogP contribution is -2.16. The molecule has 0 bridgehead atoms. The van der Waals surface area contributed by atoms with Crippen LogP contribution in [-0.4, -0.2) is 13.4 Å². The van der Waals surface area contributed by atoms with Gasteiger partial charge in [0, 0.05) is 17.0 Å². The zero-order valence-corrected chi connectivity index (χ0v) is 13.5. The van der Waals surface area contributed by atoms with Gasteiger partial charge in [0.25, 0.3) is 10.0 Å². The van der Waals surface area contributed by atoms with Crippen LogP contribution in [0.2, 0.25) is 0 Å². The first kappa shape index (κ1) is 14.3. The van der Waals surface area contributed by atoms with Crippen molar-refractivity contribution < 1.29 is 8.42 Å². The van der Waals surface area contributed by atoms with E-state index in [1.165, 1.54) is 11.3 Å². The maximum Gasteiger partial charge on any atom is 0.264 e. The fourth-order valence-corrected chi connectivity index (χ4v) is 4.87. The first-order valence-corrected chi connectivity index (χ1v) is 9.08. The number of rotatable bonds is 4. The Bertz CT molecular complexity index is 793.